The number of nitrogens with two attached hydrogens (primary N) is 1. The van der Waals surface area contributed by atoms with Crippen LogP contribution < -0.4 is 5.73 Å². The van der Waals surface area contributed by atoms with Crippen LogP contribution in [0, 0.1) is 11.7 Å². The fourth-order valence-corrected chi connectivity index (χ4v) is 1.34. The quantitative estimate of drug-likeness (QED) is 0.800. The van der Waals surface area contributed by atoms with Crippen molar-refractivity contribution in [1.82, 2.24) is 0 Å². The lowest BCUT2D eigenvalue weighted by Crippen LogP contribution is -2.18. The molecule has 1 aromatic rings. The van der Waals surface area contributed by atoms with Gasteiger partial charge in [-0.25, -0.2) is 4.39 Å². The molecule has 1 unspecified atom stereocenters. The summed E-state index contributed by atoms with van der Waals surface area (Å²) in [5, 5.41) is 9.25. The van der Waals surface area contributed by atoms with Crippen molar-refractivity contribution in [1.29, 1.82) is 0 Å². The zero-order valence-corrected chi connectivity index (χ0v) is 8.85. The minimum atomic E-state index is -0.520. The fourth-order valence-electron chi connectivity index (χ4n) is 1.17. The number of aromatic hydroxyl groups is 1. The smallest absolute Gasteiger partial charge is 0.137 e. The average molecular weight is 218 g/mol. The van der Waals surface area contributed by atoms with Crippen molar-refractivity contribution in [3.63, 3.8) is 0 Å². The van der Waals surface area contributed by atoms with E-state index in [1.807, 2.05) is 13.8 Å². The highest BCUT2D eigenvalue weighted by atomic mass is 35.5. The molecule has 2 nitrogen and oxygen atoms in total. The molecule has 0 fully saturated rings. The van der Waals surface area contributed by atoms with Gasteiger partial charge in [-0.2, -0.15) is 0 Å². The molecule has 0 amide bonds. The Morgan fingerprint density at radius 1 is 1.43 bits per heavy atom. The molecular formula is C10H13ClFNO. The number of hydrogen-bond donors (Lipinski definition) is 2. The predicted molar refractivity (Wildman–Crippen MR) is 54.8 cm³/mol. The van der Waals surface area contributed by atoms with Gasteiger partial charge in [-0.15, -0.1) is 0 Å². The molecule has 0 saturated heterocycles. The van der Waals surface area contributed by atoms with E-state index < -0.39 is 11.9 Å². The van der Waals surface area contributed by atoms with Crippen LogP contribution >= 0.6 is 11.6 Å². The standard InChI is InChI=1S/C10H13ClFNO/c1-5(2)10(13)6-3-7(11)9(14)4-8(6)12/h3-5,10,14H,13H2,1-2H3. The molecule has 78 valence electrons. The summed E-state index contributed by atoms with van der Waals surface area (Å²) in [5.74, 6) is -0.665. The Morgan fingerprint density at radius 3 is 2.50 bits per heavy atom. The second-order valence-electron chi connectivity index (χ2n) is 3.59. The number of phenols is 1. The van der Waals surface area contributed by atoms with E-state index >= 15 is 0 Å². The van der Waals surface area contributed by atoms with E-state index in [-0.39, 0.29) is 16.7 Å². The first-order chi connectivity index (χ1) is 6.43. The second-order valence-corrected chi connectivity index (χ2v) is 4.00. The molecule has 0 aliphatic rings. The maximum Gasteiger partial charge on any atom is 0.137 e. The van der Waals surface area contributed by atoms with Gasteiger partial charge >= 0.3 is 0 Å². The van der Waals surface area contributed by atoms with Crippen molar-refractivity contribution in [2.24, 2.45) is 11.7 Å². The summed E-state index contributed by atoms with van der Waals surface area (Å²) >= 11 is 5.66. The Morgan fingerprint density at radius 2 is 2.00 bits per heavy atom. The van der Waals surface area contributed by atoms with Gasteiger partial charge in [0.05, 0.1) is 5.02 Å². The minimum absolute atomic E-state index is 0.116. The molecule has 0 heterocycles. The maximum atomic E-state index is 13.3. The molecule has 0 saturated carbocycles. The molecule has 4 heteroatoms. The molecule has 1 atom stereocenters. The van der Waals surface area contributed by atoms with Gasteiger partial charge < -0.3 is 10.8 Å². The molecule has 14 heavy (non-hydrogen) atoms. The second kappa shape index (κ2) is 4.15. The van der Waals surface area contributed by atoms with E-state index in [1.54, 1.807) is 0 Å². The molecular weight excluding hydrogens is 205 g/mol. The lowest BCUT2D eigenvalue weighted by Gasteiger charge is -2.17. The van der Waals surface area contributed by atoms with Gasteiger partial charge in [-0.1, -0.05) is 25.4 Å². The summed E-state index contributed by atoms with van der Waals surface area (Å²) in [6, 6.07) is 1.95. The van der Waals surface area contributed by atoms with Crippen molar-refractivity contribution in [2.45, 2.75) is 19.9 Å². The molecule has 1 aromatic carbocycles. The Labute approximate surface area is 87.5 Å². The Balaban J connectivity index is 3.15. The summed E-state index contributed by atoms with van der Waals surface area (Å²) in [5.41, 5.74) is 6.11. The van der Waals surface area contributed by atoms with E-state index in [0.29, 0.717) is 5.56 Å². The molecule has 0 aliphatic carbocycles. The van der Waals surface area contributed by atoms with E-state index in [2.05, 4.69) is 0 Å². The molecule has 0 spiro atoms. The van der Waals surface area contributed by atoms with Crippen molar-refractivity contribution in [3.8, 4) is 5.75 Å². The highest BCUT2D eigenvalue weighted by molar-refractivity contribution is 6.32. The topological polar surface area (TPSA) is 46.2 Å². The summed E-state index contributed by atoms with van der Waals surface area (Å²) in [6.45, 7) is 3.79. The van der Waals surface area contributed by atoms with Crippen LogP contribution in [0.2, 0.25) is 5.02 Å². The first-order valence-electron chi connectivity index (χ1n) is 4.37. The van der Waals surface area contributed by atoms with E-state index in [4.69, 9.17) is 22.4 Å². The van der Waals surface area contributed by atoms with Gasteiger partial charge in [0, 0.05) is 17.7 Å². The normalized spacial score (nSPS) is 13.3. The summed E-state index contributed by atoms with van der Waals surface area (Å²) in [7, 11) is 0. The first kappa shape index (κ1) is 11.3. The van der Waals surface area contributed by atoms with Gasteiger partial charge in [-0.3, -0.25) is 0 Å². The maximum absolute atomic E-state index is 13.3. The van der Waals surface area contributed by atoms with Crippen LogP contribution in [0.25, 0.3) is 0 Å². The summed E-state index contributed by atoms with van der Waals surface area (Å²) in [4.78, 5) is 0. The number of benzene rings is 1. The lowest BCUT2D eigenvalue weighted by molar-refractivity contribution is 0.457. The van der Waals surface area contributed by atoms with Crippen LogP contribution in [-0.4, -0.2) is 5.11 Å². The van der Waals surface area contributed by atoms with E-state index in [0.717, 1.165) is 6.07 Å². The van der Waals surface area contributed by atoms with Gasteiger partial charge in [0.1, 0.15) is 11.6 Å². The molecule has 0 radical (unpaired) electrons. The van der Waals surface area contributed by atoms with Crippen LogP contribution in [0.4, 0.5) is 4.39 Å². The number of phenolic OH excluding ortho intramolecular Hbond substituents is 1. The first-order valence-corrected chi connectivity index (χ1v) is 4.74. The zero-order valence-electron chi connectivity index (χ0n) is 8.09. The van der Waals surface area contributed by atoms with Crippen LogP contribution in [0.5, 0.6) is 5.75 Å². The van der Waals surface area contributed by atoms with Gasteiger partial charge in [0.25, 0.3) is 0 Å². The minimum Gasteiger partial charge on any atom is -0.506 e. The van der Waals surface area contributed by atoms with Crippen LogP contribution in [0.1, 0.15) is 25.5 Å². The molecule has 3 N–H and O–H groups in total. The Hall–Kier alpha value is -0.800. The highest BCUT2D eigenvalue weighted by Gasteiger charge is 2.17. The van der Waals surface area contributed by atoms with Crippen LogP contribution in [-0.2, 0) is 0 Å². The Kier molecular flexibility index (Phi) is 3.34. The van der Waals surface area contributed by atoms with E-state index in [9.17, 15) is 4.39 Å². The average Bonchev–Trinajstić information content (AvgIpc) is 2.10. The third-order valence-electron chi connectivity index (χ3n) is 2.14. The van der Waals surface area contributed by atoms with Gasteiger partial charge in [-0.05, 0) is 12.0 Å². The van der Waals surface area contributed by atoms with E-state index in [1.165, 1.54) is 6.07 Å². The third-order valence-corrected chi connectivity index (χ3v) is 2.45. The van der Waals surface area contributed by atoms with Crippen molar-refractivity contribution < 1.29 is 9.50 Å². The monoisotopic (exact) mass is 217 g/mol. The zero-order chi connectivity index (χ0) is 10.9. The van der Waals surface area contributed by atoms with Gasteiger partial charge in [0.2, 0.25) is 0 Å². The van der Waals surface area contributed by atoms with Gasteiger partial charge in [0.15, 0.2) is 0 Å². The highest BCUT2D eigenvalue weighted by Crippen LogP contribution is 2.30. The lowest BCUT2D eigenvalue weighted by atomic mass is 9.96. The molecule has 0 bridgehead atoms. The SMILES string of the molecule is CC(C)C(N)c1cc(Cl)c(O)cc1F. The summed E-state index contributed by atoms with van der Waals surface area (Å²) in [6.07, 6.45) is 0. The van der Waals surface area contributed by atoms with Crippen LogP contribution in [0.15, 0.2) is 12.1 Å². The number of rotatable bonds is 2. The van der Waals surface area contributed by atoms with Crippen molar-refractivity contribution >= 4 is 11.6 Å². The fraction of sp³-hybridized carbons (Fsp3) is 0.400. The Bertz CT molecular complexity index is 341. The van der Waals surface area contributed by atoms with Crippen LogP contribution in [0.3, 0.4) is 0 Å². The molecule has 1 rings (SSSR count). The molecule has 0 aliphatic heterocycles. The largest absolute Gasteiger partial charge is 0.506 e. The predicted octanol–water partition coefficient (Wildman–Crippen LogP) is 2.84. The van der Waals surface area contributed by atoms with Crippen molar-refractivity contribution in [2.75, 3.05) is 0 Å². The number of hydrogen-bond acceptors (Lipinski definition) is 2. The molecule has 0 aromatic heterocycles. The van der Waals surface area contributed by atoms with Crippen molar-refractivity contribution in [3.05, 3.63) is 28.5 Å². The number of halogens is 2. The summed E-state index contributed by atoms with van der Waals surface area (Å²) < 4.78 is 13.3. The third kappa shape index (κ3) is 2.16.